The van der Waals surface area contributed by atoms with Crippen molar-refractivity contribution in [2.45, 2.75) is 64.5 Å². The number of anilines is 6. The Bertz CT molecular complexity index is 2320. The van der Waals surface area contributed by atoms with E-state index in [-0.39, 0.29) is 23.7 Å². The van der Waals surface area contributed by atoms with E-state index in [2.05, 4.69) is 80.4 Å². The Balaban J connectivity index is 0.000000142. The average molecular weight is 718 g/mol. The van der Waals surface area contributed by atoms with Gasteiger partial charge in [-0.2, -0.15) is 0 Å². The number of fused-ring (bicyclic) bond motifs is 4. The van der Waals surface area contributed by atoms with Gasteiger partial charge in [-0.05, 0) is 133 Å². The number of pyridine rings is 3. The van der Waals surface area contributed by atoms with Crippen LogP contribution in [0.15, 0.2) is 79.4 Å². The molecule has 3 aromatic carbocycles. The van der Waals surface area contributed by atoms with E-state index in [0.29, 0.717) is 35.1 Å². The van der Waals surface area contributed by atoms with Gasteiger partial charge in [0, 0.05) is 75.9 Å². The minimum absolute atomic E-state index is 0.0520. The van der Waals surface area contributed by atoms with Crippen molar-refractivity contribution in [3.63, 3.8) is 0 Å². The second kappa shape index (κ2) is 13.3. The van der Waals surface area contributed by atoms with E-state index in [1.165, 1.54) is 22.4 Å². The fraction of sp³-hybridized carbons (Fsp3) is 0.279. The van der Waals surface area contributed by atoms with Crippen LogP contribution in [0.3, 0.4) is 0 Å². The van der Waals surface area contributed by atoms with Crippen LogP contribution in [0.5, 0.6) is 0 Å². The summed E-state index contributed by atoms with van der Waals surface area (Å²) >= 11 is 0. The Morgan fingerprint density at radius 2 is 1.17 bits per heavy atom. The van der Waals surface area contributed by atoms with E-state index in [9.17, 15) is 9.59 Å². The quantitative estimate of drug-likeness (QED) is 0.0941. The molecule has 6 aromatic rings. The molecule has 0 bridgehead atoms. The van der Waals surface area contributed by atoms with Crippen LogP contribution in [0.4, 0.5) is 34.4 Å². The Morgan fingerprint density at radius 3 is 1.72 bits per heavy atom. The highest BCUT2D eigenvalue weighted by molar-refractivity contribution is 6.02. The zero-order valence-electron chi connectivity index (χ0n) is 30.4. The molecule has 4 aliphatic rings. The van der Waals surface area contributed by atoms with E-state index < -0.39 is 0 Å². The van der Waals surface area contributed by atoms with Crippen LogP contribution < -0.4 is 32.7 Å². The number of nitrogen functional groups attached to an aromatic ring is 2. The molecule has 0 unspecified atom stereocenters. The molecule has 2 aliphatic carbocycles. The standard InChI is InChI=1S/C22H22N4O.C21H21N5O/c1-12-7-17-16(3-2-4-20(17)25-12)14-8-15-10-21(26-22(27)13-5-6-13)24-11-18(15)19(23)9-14;1-11-4-15-16(8-23-10-19(15)25-11)13-5-14-7-20(26-21(27)12-2-3-12)24-9-17(14)18(22)6-13/h2-4,8-13,25H,5-7,23H2,1H3,(H,24,26,27);5-12,25H,2-4,22H2,1H3,(H,24,26,27)/t12-;11-/m10/s1. The van der Waals surface area contributed by atoms with Crippen molar-refractivity contribution in [3.8, 4) is 22.3 Å². The maximum Gasteiger partial charge on any atom is 0.228 e. The molecule has 8 N–H and O–H groups in total. The fourth-order valence-corrected chi connectivity index (χ4v) is 7.71. The molecule has 5 heterocycles. The Hall–Kier alpha value is -6.23. The van der Waals surface area contributed by atoms with Gasteiger partial charge in [0.25, 0.3) is 0 Å². The molecule has 11 nitrogen and oxygen atoms in total. The number of carbonyl (C=O) groups is 2. The molecule has 3 aromatic heterocycles. The number of benzene rings is 3. The molecule has 2 fully saturated rings. The zero-order chi connectivity index (χ0) is 37.1. The minimum Gasteiger partial charge on any atom is -0.398 e. The van der Waals surface area contributed by atoms with Crippen molar-refractivity contribution in [1.29, 1.82) is 0 Å². The maximum absolute atomic E-state index is 12.0. The van der Waals surface area contributed by atoms with Gasteiger partial charge in [0.15, 0.2) is 0 Å². The van der Waals surface area contributed by atoms with E-state index in [0.717, 1.165) is 82.4 Å². The van der Waals surface area contributed by atoms with Crippen LogP contribution >= 0.6 is 0 Å². The molecule has 54 heavy (non-hydrogen) atoms. The lowest BCUT2D eigenvalue weighted by molar-refractivity contribution is -0.118. The van der Waals surface area contributed by atoms with E-state index in [1.807, 2.05) is 36.7 Å². The first-order valence-electron chi connectivity index (χ1n) is 18.8. The van der Waals surface area contributed by atoms with Gasteiger partial charge in [-0.1, -0.05) is 12.1 Å². The highest BCUT2D eigenvalue weighted by atomic mass is 16.2. The van der Waals surface area contributed by atoms with Gasteiger partial charge in [-0.15, -0.1) is 0 Å². The first-order valence-corrected chi connectivity index (χ1v) is 18.8. The SMILES string of the molecule is C[C@@H]1Cc2c(cccc2-c2cc(N)c3cnc(NC(=O)C4CC4)cc3c2)N1.C[C@H]1Cc2c(cncc2-c2cc(N)c3cnc(NC(=O)C4CC4)cc3c2)N1. The minimum atomic E-state index is 0.0520. The van der Waals surface area contributed by atoms with Gasteiger partial charge < -0.3 is 32.7 Å². The number of rotatable bonds is 6. The Labute approximate surface area is 313 Å². The lowest BCUT2D eigenvalue weighted by Gasteiger charge is -2.12. The van der Waals surface area contributed by atoms with Crippen molar-refractivity contribution in [1.82, 2.24) is 15.0 Å². The summed E-state index contributed by atoms with van der Waals surface area (Å²) in [6, 6.07) is 19.2. The Kier molecular flexibility index (Phi) is 8.29. The predicted octanol–water partition coefficient (Wildman–Crippen LogP) is 7.77. The van der Waals surface area contributed by atoms with Crippen LogP contribution in [-0.2, 0) is 22.4 Å². The number of amides is 2. The zero-order valence-corrected chi connectivity index (χ0v) is 30.4. The van der Waals surface area contributed by atoms with E-state index in [1.54, 1.807) is 12.4 Å². The first-order chi connectivity index (χ1) is 26.2. The Morgan fingerprint density at radius 1 is 0.648 bits per heavy atom. The van der Waals surface area contributed by atoms with Gasteiger partial charge in [0.1, 0.15) is 11.6 Å². The third kappa shape index (κ3) is 6.61. The molecular formula is C43H43N9O2. The van der Waals surface area contributed by atoms with Crippen molar-refractivity contribution in [2.24, 2.45) is 11.8 Å². The van der Waals surface area contributed by atoms with Crippen LogP contribution in [0, 0.1) is 11.8 Å². The van der Waals surface area contributed by atoms with Crippen molar-refractivity contribution in [3.05, 3.63) is 90.5 Å². The lowest BCUT2D eigenvalue weighted by atomic mass is 9.94. The molecule has 272 valence electrons. The van der Waals surface area contributed by atoms with Gasteiger partial charge in [0.05, 0.1) is 11.9 Å². The van der Waals surface area contributed by atoms with Gasteiger partial charge in [-0.25, -0.2) is 9.97 Å². The van der Waals surface area contributed by atoms with Crippen molar-refractivity contribution >= 4 is 67.7 Å². The molecule has 2 atom stereocenters. The first kappa shape index (κ1) is 33.6. The predicted molar refractivity (Wildman–Crippen MR) is 217 cm³/mol. The van der Waals surface area contributed by atoms with Crippen LogP contribution in [0.25, 0.3) is 43.8 Å². The number of nitrogens with one attached hydrogen (secondary N) is 4. The largest absolute Gasteiger partial charge is 0.398 e. The summed E-state index contributed by atoms with van der Waals surface area (Å²) in [6.07, 6.45) is 13.1. The number of carbonyl (C=O) groups excluding carboxylic acids is 2. The number of hydrogen-bond acceptors (Lipinski definition) is 9. The van der Waals surface area contributed by atoms with Gasteiger partial charge >= 0.3 is 0 Å². The second-order valence-corrected chi connectivity index (χ2v) is 15.3. The summed E-state index contributed by atoms with van der Waals surface area (Å²) in [5.41, 5.74) is 23.3. The second-order valence-electron chi connectivity index (χ2n) is 15.3. The number of aromatic nitrogens is 3. The molecular weight excluding hydrogens is 675 g/mol. The monoisotopic (exact) mass is 717 g/mol. The summed E-state index contributed by atoms with van der Waals surface area (Å²) in [6.45, 7) is 4.36. The molecule has 2 amide bonds. The summed E-state index contributed by atoms with van der Waals surface area (Å²) in [5.74, 6) is 1.57. The molecule has 11 heteroatoms. The summed E-state index contributed by atoms with van der Waals surface area (Å²) in [7, 11) is 0. The van der Waals surface area contributed by atoms with Crippen LogP contribution in [0.1, 0.15) is 50.7 Å². The highest BCUT2D eigenvalue weighted by Gasteiger charge is 2.31. The lowest BCUT2D eigenvalue weighted by Crippen LogP contribution is -2.14. The third-order valence-corrected chi connectivity index (χ3v) is 10.8. The van der Waals surface area contributed by atoms with Gasteiger partial charge in [0.2, 0.25) is 11.8 Å². The van der Waals surface area contributed by atoms with Crippen molar-refractivity contribution in [2.75, 3.05) is 32.7 Å². The molecule has 10 rings (SSSR count). The molecule has 0 radical (unpaired) electrons. The molecule has 0 spiro atoms. The molecule has 0 saturated heterocycles. The van der Waals surface area contributed by atoms with Crippen LogP contribution in [0.2, 0.25) is 0 Å². The molecule has 2 saturated carbocycles. The topological polar surface area (TPSA) is 173 Å². The fourth-order valence-electron chi connectivity index (χ4n) is 7.71. The average Bonchev–Trinajstić information content (AvgIpc) is 4.09. The van der Waals surface area contributed by atoms with Gasteiger partial charge in [-0.3, -0.25) is 14.6 Å². The summed E-state index contributed by atoms with van der Waals surface area (Å²) in [4.78, 5) is 37.2. The maximum atomic E-state index is 12.0. The third-order valence-electron chi connectivity index (χ3n) is 10.8. The van der Waals surface area contributed by atoms with E-state index >= 15 is 0 Å². The normalized spacial score (nSPS) is 18.2. The summed E-state index contributed by atoms with van der Waals surface area (Å²) < 4.78 is 0. The summed E-state index contributed by atoms with van der Waals surface area (Å²) in [5, 5.41) is 16.5. The number of nitrogens with zero attached hydrogens (tertiary/aromatic N) is 3. The van der Waals surface area contributed by atoms with Crippen molar-refractivity contribution < 1.29 is 9.59 Å². The number of nitrogens with two attached hydrogens (primary N) is 2. The molecule has 2 aliphatic heterocycles. The smallest absolute Gasteiger partial charge is 0.228 e. The highest BCUT2D eigenvalue weighted by Crippen LogP contribution is 2.39. The van der Waals surface area contributed by atoms with Crippen LogP contribution in [-0.4, -0.2) is 38.8 Å². The number of hydrogen-bond donors (Lipinski definition) is 6. The van der Waals surface area contributed by atoms with E-state index in [4.69, 9.17) is 11.5 Å².